The van der Waals surface area contributed by atoms with Gasteiger partial charge in [-0.1, -0.05) is 102 Å². The summed E-state index contributed by atoms with van der Waals surface area (Å²) in [5.41, 5.74) is 2.46. The minimum atomic E-state index is 1.23. The van der Waals surface area contributed by atoms with Gasteiger partial charge in [0.15, 0.2) is 0 Å². The molecule has 108 valence electrons. The van der Waals surface area contributed by atoms with Gasteiger partial charge < -0.3 is 0 Å². The quantitative estimate of drug-likeness (QED) is 0.624. The molecule has 0 fully saturated rings. The molecule has 0 atom stereocenters. The lowest BCUT2D eigenvalue weighted by Crippen LogP contribution is -1.69. The number of rotatable bonds is 4. The van der Waals surface area contributed by atoms with E-state index in [-0.39, 0.29) is 0 Å². The average molecular weight is 320 g/mol. The van der Waals surface area contributed by atoms with E-state index in [4.69, 9.17) is 0 Å². The summed E-state index contributed by atoms with van der Waals surface area (Å²) in [4.78, 5) is 1.29. The first-order valence-electron chi connectivity index (χ1n) is 7.11. The predicted molar refractivity (Wildman–Crippen MR) is 102 cm³/mol. The van der Waals surface area contributed by atoms with Crippen molar-refractivity contribution < 1.29 is 0 Å². The Bertz CT molecular complexity index is 723. The van der Waals surface area contributed by atoms with Crippen molar-refractivity contribution in [2.24, 2.45) is 0 Å². The van der Waals surface area contributed by atoms with Gasteiger partial charge in [0.2, 0.25) is 0 Å². The molecule has 2 aromatic rings. The molecule has 1 aliphatic rings. The number of thioether (sulfide) groups is 2. The minimum Gasteiger partial charge on any atom is -0.0895 e. The lowest BCUT2D eigenvalue weighted by molar-refractivity contribution is 1.66. The molecule has 0 saturated carbocycles. The van der Waals surface area contributed by atoms with E-state index in [1.165, 1.54) is 20.3 Å². The highest BCUT2D eigenvalue weighted by Crippen LogP contribution is 2.44. The highest BCUT2D eigenvalue weighted by Gasteiger charge is 2.08. The van der Waals surface area contributed by atoms with E-state index in [0.29, 0.717) is 0 Å². The van der Waals surface area contributed by atoms with Crippen LogP contribution in [-0.2, 0) is 0 Å². The van der Waals surface area contributed by atoms with E-state index in [9.17, 15) is 0 Å². The van der Waals surface area contributed by atoms with Crippen LogP contribution in [0.4, 0.5) is 0 Å². The van der Waals surface area contributed by atoms with E-state index in [0.717, 1.165) is 0 Å². The monoisotopic (exact) mass is 320 g/mol. The normalized spacial score (nSPS) is 16.7. The van der Waals surface area contributed by atoms with Gasteiger partial charge in [0.05, 0.1) is 0 Å². The molecule has 0 amide bonds. The van der Waals surface area contributed by atoms with E-state index in [1.807, 2.05) is 23.9 Å². The molecular weight excluding hydrogens is 304 g/mol. The fourth-order valence-electron chi connectivity index (χ4n) is 1.97. The lowest BCUT2D eigenvalue weighted by Gasteiger charge is -1.94. The predicted octanol–water partition coefficient (Wildman–Crippen LogP) is 6.58. The molecule has 0 radical (unpaired) electrons. The third-order valence-corrected chi connectivity index (χ3v) is 5.32. The molecule has 2 aromatic carbocycles. The molecule has 0 saturated heterocycles. The molecule has 0 aromatic heterocycles. The fraction of sp³-hybridized carbons (Fsp3) is 0. The Morgan fingerprint density at radius 2 is 1.32 bits per heavy atom. The van der Waals surface area contributed by atoms with Crippen LogP contribution in [0.1, 0.15) is 11.1 Å². The third-order valence-electron chi connectivity index (χ3n) is 3.07. The summed E-state index contributed by atoms with van der Waals surface area (Å²) in [6.07, 6.45) is 10.7. The van der Waals surface area contributed by atoms with Gasteiger partial charge in [-0.05, 0) is 28.7 Å². The summed E-state index contributed by atoms with van der Waals surface area (Å²) < 4.78 is 1.31. The van der Waals surface area contributed by atoms with Gasteiger partial charge in [0, 0.05) is 9.14 Å². The molecule has 0 N–H and O–H groups in total. The van der Waals surface area contributed by atoms with Crippen molar-refractivity contribution in [3.63, 3.8) is 0 Å². The summed E-state index contributed by atoms with van der Waals surface area (Å²) >= 11 is 3.59. The van der Waals surface area contributed by atoms with E-state index in [2.05, 4.69) is 84.3 Å². The highest BCUT2D eigenvalue weighted by molar-refractivity contribution is 8.28. The fourth-order valence-corrected chi connectivity index (χ4v) is 3.92. The van der Waals surface area contributed by atoms with Crippen LogP contribution in [0.3, 0.4) is 0 Å². The van der Waals surface area contributed by atoms with Crippen molar-refractivity contribution in [2.45, 2.75) is 0 Å². The van der Waals surface area contributed by atoms with E-state index < -0.39 is 0 Å². The maximum Gasteiger partial charge on any atom is 0.0493 e. The first-order valence-corrected chi connectivity index (χ1v) is 8.81. The molecule has 0 bridgehead atoms. The van der Waals surface area contributed by atoms with Crippen LogP contribution in [0.15, 0.2) is 93.4 Å². The molecule has 3 rings (SSSR count). The molecule has 1 heterocycles. The van der Waals surface area contributed by atoms with Crippen molar-refractivity contribution in [2.75, 3.05) is 0 Å². The van der Waals surface area contributed by atoms with Crippen LogP contribution in [0.2, 0.25) is 0 Å². The lowest BCUT2D eigenvalue weighted by atomic mass is 10.2. The second-order valence-electron chi connectivity index (χ2n) is 4.74. The highest BCUT2D eigenvalue weighted by atomic mass is 32.2. The van der Waals surface area contributed by atoms with Gasteiger partial charge in [0.1, 0.15) is 0 Å². The molecule has 0 unspecified atom stereocenters. The van der Waals surface area contributed by atoms with Gasteiger partial charge in [0.25, 0.3) is 0 Å². The maximum absolute atomic E-state index is 2.20. The van der Waals surface area contributed by atoms with Crippen LogP contribution < -0.4 is 0 Å². The average Bonchev–Trinajstić information content (AvgIpc) is 3.03. The van der Waals surface area contributed by atoms with Gasteiger partial charge >= 0.3 is 0 Å². The minimum absolute atomic E-state index is 1.23. The van der Waals surface area contributed by atoms with Crippen LogP contribution >= 0.6 is 23.5 Å². The standard InChI is InChI=1S/C20H16S2/c1-3-8-17(9-4-1)12-7-13-20-21-16-19(22-20)15-14-18-10-5-2-6-11-18/h1-16H/b12-7+,15-14+,20-13+. The molecular formula is C20H16S2. The first kappa shape index (κ1) is 15.0. The van der Waals surface area contributed by atoms with Crippen molar-refractivity contribution in [1.82, 2.24) is 0 Å². The second-order valence-corrected chi connectivity index (χ2v) is 7.02. The molecule has 0 aliphatic carbocycles. The zero-order valence-corrected chi connectivity index (χ0v) is 13.7. The summed E-state index contributed by atoms with van der Waals surface area (Å²) in [5, 5.41) is 2.20. The number of allylic oxidation sites excluding steroid dienone is 3. The zero-order chi connectivity index (χ0) is 15.0. The number of hydrogen-bond donors (Lipinski definition) is 0. The third kappa shape index (κ3) is 4.55. The summed E-state index contributed by atoms with van der Waals surface area (Å²) in [6, 6.07) is 20.7. The topological polar surface area (TPSA) is 0 Å². The number of hydrogen-bond acceptors (Lipinski definition) is 2. The van der Waals surface area contributed by atoms with Crippen molar-refractivity contribution in [1.29, 1.82) is 0 Å². The summed E-state index contributed by atoms with van der Waals surface area (Å²) in [6.45, 7) is 0. The molecule has 1 aliphatic heterocycles. The van der Waals surface area contributed by atoms with Gasteiger partial charge in [-0.15, -0.1) is 0 Å². The van der Waals surface area contributed by atoms with Crippen LogP contribution in [-0.4, -0.2) is 0 Å². The number of benzene rings is 2. The Hall–Kier alpha value is -1.90. The SMILES string of the molecule is C1=C(/C=C/c2ccccc2)S/C(=C/C=C/c2ccccc2)S1. The van der Waals surface area contributed by atoms with Crippen LogP contribution in [0.5, 0.6) is 0 Å². The van der Waals surface area contributed by atoms with Crippen LogP contribution in [0.25, 0.3) is 12.2 Å². The Balaban J connectivity index is 1.56. The van der Waals surface area contributed by atoms with Gasteiger partial charge in [-0.25, -0.2) is 0 Å². The molecule has 0 nitrogen and oxygen atoms in total. The summed E-state index contributed by atoms with van der Waals surface area (Å²) in [5.74, 6) is 0. The molecule has 22 heavy (non-hydrogen) atoms. The van der Waals surface area contributed by atoms with Crippen molar-refractivity contribution >= 4 is 35.7 Å². The largest absolute Gasteiger partial charge is 0.0895 e. The Morgan fingerprint density at radius 3 is 2.00 bits per heavy atom. The van der Waals surface area contributed by atoms with Crippen molar-refractivity contribution in [3.05, 3.63) is 105 Å². The maximum atomic E-state index is 2.20. The zero-order valence-electron chi connectivity index (χ0n) is 12.1. The summed E-state index contributed by atoms with van der Waals surface area (Å²) in [7, 11) is 0. The van der Waals surface area contributed by atoms with Crippen molar-refractivity contribution in [3.8, 4) is 0 Å². The molecule has 2 heteroatoms. The first-order chi connectivity index (χ1) is 10.9. The Labute approximate surface area is 140 Å². The van der Waals surface area contributed by atoms with Gasteiger partial charge in [-0.2, -0.15) is 0 Å². The van der Waals surface area contributed by atoms with Crippen LogP contribution in [0, 0.1) is 0 Å². The Kier molecular flexibility index (Phi) is 5.41. The van der Waals surface area contributed by atoms with Gasteiger partial charge in [-0.3, -0.25) is 0 Å². The second kappa shape index (κ2) is 7.92. The smallest absolute Gasteiger partial charge is 0.0493 e. The Morgan fingerprint density at radius 1 is 0.682 bits per heavy atom. The molecule has 0 spiro atoms. The van der Waals surface area contributed by atoms with E-state index in [1.54, 1.807) is 11.8 Å². The van der Waals surface area contributed by atoms with E-state index >= 15 is 0 Å².